The molecule has 26 heavy (non-hydrogen) atoms. The first-order valence-corrected chi connectivity index (χ1v) is 9.55. The zero-order valence-electron chi connectivity index (χ0n) is 15.5. The van der Waals surface area contributed by atoms with Crippen LogP contribution in [0.2, 0.25) is 0 Å². The smallest absolute Gasteiger partial charge is 0.252 e. The number of halogens is 1. The van der Waals surface area contributed by atoms with Crippen molar-refractivity contribution in [2.24, 2.45) is 0 Å². The Morgan fingerprint density at radius 3 is 2.69 bits per heavy atom. The second kappa shape index (κ2) is 7.23. The first kappa shape index (κ1) is 18.6. The minimum atomic E-state index is -0.169. The summed E-state index contributed by atoms with van der Waals surface area (Å²) in [5, 5.41) is 3.84. The standard InChI is InChI=1S/C21H23BrN2O2/c1-12(2)24-6-5-16-17(9-15(22)10-19(16)24)21(26)23-11-18-14(4)7-13(3)8-20(18)25/h5-7,9-10,12H,8,11H2,1-4H3,(H,23,26). The van der Waals surface area contributed by atoms with Crippen LogP contribution in [0.1, 0.15) is 50.5 Å². The highest BCUT2D eigenvalue weighted by atomic mass is 79.9. The van der Waals surface area contributed by atoms with E-state index in [1.54, 1.807) is 0 Å². The van der Waals surface area contributed by atoms with Crippen molar-refractivity contribution in [2.45, 2.75) is 40.2 Å². The average Bonchev–Trinajstić information content (AvgIpc) is 2.96. The molecule has 0 aliphatic heterocycles. The molecular weight excluding hydrogens is 392 g/mol. The third-order valence-electron chi connectivity index (χ3n) is 4.74. The number of nitrogens with zero attached hydrogens (tertiary/aromatic N) is 1. The number of rotatable bonds is 4. The van der Waals surface area contributed by atoms with Crippen LogP contribution in [-0.4, -0.2) is 22.8 Å². The van der Waals surface area contributed by atoms with Crippen molar-refractivity contribution in [1.29, 1.82) is 0 Å². The summed E-state index contributed by atoms with van der Waals surface area (Å²) in [7, 11) is 0. The molecule has 1 amide bonds. The lowest BCUT2D eigenvalue weighted by Gasteiger charge is -2.16. The van der Waals surface area contributed by atoms with Crippen LogP contribution in [0.3, 0.4) is 0 Å². The predicted octanol–water partition coefficient (Wildman–Crippen LogP) is 4.95. The molecule has 2 aromatic rings. The molecule has 0 unspecified atom stereocenters. The van der Waals surface area contributed by atoms with E-state index in [1.807, 2.05) is 44.3 Å². The molecule has 0 fully saturated rings. The molecule has 1 heterocycles. The van der Waals surface area contributed by atoms with Gasteiger partial charge in [0.1, 0.15) is 0 Å². The summed E-state index contributed by atoms with van der Waals surface area (Å²) >= 11 is 3.51. The van der Waals surface area contributed by atoms with Crippen molar-refractivity contribution in [3.63, 3.8) is 0 Å². The van der Waals surface area contributed by atoms with Crippen molar-refractivity contribution < 1.29 is 9.59 Å². The minimum Gasteiger partial charge on any atom is -0.348 e. The lowest BCUT2D eigenvalue weighted by Crippen LogP contribution is -2.29. The summed E-state index contributed by atoms with van der Waals surface area (Å²) < 4.78 is 3.00. The Bertz CT molecular complexity index is 964. The first-order chi connectivity index (χ1) is 12.3. The number of nitrogens with one attached hydrogen (secondary N) is 1. The molecule has 136 valence electrons. The fourth-order valence-corrected chi connectivity index (χ4v) is 3.90. The molecule has 1 aromatic heterocycles. The summed E-state index contributed by atoms with van der Waals surface area (Å²) in [6, 6.07) is 6.13. The van der Waals surface area contributed by atoms with E-state index in [9.17, 15) is 9.59 Å². The largest absolute Gasteiger partial charge is 0.348 e. The fraction of sp³-hybridized carbons (Fsp3) is 0.333. The van der Waals surface area contributed by atoms with Crippen molar-refractivity contribution in [1.82, 2.24) is 9.88 Å². The Labute approximate surface area is 162 Å². The van der Waals surface area contributed by atoms with Gasteiger partial charge in [-0.3, -0.25) is 9.59 Å². The van der Waals surface area contributed by atoms with E-state index in [4.69, 9.17) is 0 Å². The van der Waals surface area contributed by atoms with Crippen LogP contribution in [0.15, 0.2) is 51.7 Å². The molecule has 1 aliphatic rings. The number of carbonyl (C=O) groups is 2. The predicted molar refractivity (Wildman–Crippen MR) is 108 cm³/mol. The Morgan fingerprint density at radius 1 is 1.31 bits per heavy atom. The molecule has 0 saturated heterocycles. The Hall–Kier alpha value is -2.14. The number of allylic oxidation sites excluding steroid dienone is 3. The summed E-state index contributed by atoms with van der Waals surface area (Å²) in [5.74, 6) is -0.0784. The van der Waals surface area contributed by atoms with Crippen LogP contribution in [0.25, 0.3) is 10.9 Å². The molecule has 1 aliphatic carbocycles. The quantitative estimate of drug-likeness (QED) is 0.768. The van der Waals surface area contributed by atoms with Gasteiger partial charge in [0.25, 0.3) is 5.91 Å². The van der Waals surface area contributed by atoms with Gasteiger partial charge in [-0.05, 0) is 51.5 Å². The van der Waals surface area contributed by atoms with Gasteiger partial charge in [0.05, 0.1) is 5.52 Å². The molecule has 0 radical (unpaired) electrons. The van der Waals surface area contributed by atoms with E-state index in [2.05, 4.69) is 39.7 Å². The van der Waals surface area contributed by atoms with Gasteiger partial charge in [-0.15, -0.1) is 0 Å². The summed E-state index contributed by atoms with van der Waals surface area (Å²) in [4.78, 5) is 25.1. The zero-order valence-corrected chi connectivity index (χ0v) is 17.1. The molecule has 4 nitrogen and oxygen atoms in total. The van der Waals surface area contributed by atoms with Gasteiger partial charge >= 0.3 is 0 Å². The summed E-state index contributed by atoms with van der Waals surface area (Å²) in [5.41, 5.74) is 4.31. The van der Waals surface area contributed by atoms with Crippen molar-refractivity contribution in [3.8, 4) is 0 Å². The second-order valence-corrected chi connectivity index (χ2v) is 8.05. The maximum atomic E-state index is 12.8. The first-order valence-electron chi connectivity index (χ1n) is 8.76. The summed E-state index contributed by atoms with van der Waals surface area (Å²) in [6.07, 6.45) is 4.45. The Kier molecular flexibility index (Phi) is 5.19. The van der Waals surface area contributed by atoms with E-state index in [1.165, 1.54) is 0 Å². The maximum absolute atomic E-state index is 12.8. The number of hydrogen-bond acceptors (Lipinski definition) is 2. The Balaban J connectivity index is 1.89. The average molecular weight is 415 g/mol. The van der Waals surface area contributed by atoms with Gasteiger partial charge in [0, 0.05) is 46.2 Å². The van der Waals surface area contributed by atoms with Gasteiger partial charge in [-0.1, -0.05) is 27.6 Å². The van der Waals surface area contributed by atoms with Crippen LogP contribution >= 0.6 is 15.9 Å². The third-order valence-corrected chi connectivity index (χ3v) is 5.20. The number of amides is 1. The molecule has 1 N–H and O–H groups in total. The number of aromatic nitrogens is 1. The SMILES string of the molecule is CC1=CC(C)=C(CNC(=O)c2cc(Br)cc3c2ccn3C(C)C)C(=O)C1. The molecular formula is C21H23BrN2O2. The molecule has 0 spiro atoms. The number of hydrogen-bond donors (Lipinski definition) is 1. The maximum Gasteiger partial charge on any atom is 0.252 e. The molecule has 0 saturated carbocycles. The fourth-order valence-electron chi connectivity index (χ4n) is 3.46. The van der Waals surface area contributed by atoms with Crippen LogP contribution in [0.4, 0.5) is 0 Å². The molecule has 0 bridgehead atoms. The topological polar surface area (TPSA) is 51.1 Å². The van der Waals surface area contributed by atoms with E-state index in [0.29, 0.717) is 23.6 Å². The molecule has 3 rings (SSSR count). The second-order valence-electron chi connectivity index (χ2n) is 7.14. The van der Waals surface area contributed by atoms with Crippen LogP contribution in [0, 0.1) is 0 Å². The minimum absolute atomic E-state index is 0.0909. The van der Waals surface area contributed by atoms with Crippen molar-refractivity contribution in [2.75, 3.05) is 6.54 Å². The van der Waals surface area contributed by atoms with Gasteiger partial charge in [0.2, 0.25) is 0 Å². The highest BCUT2D eigenvalue weighted by molar-refractivity contribution is 9.10. The van der Waals surface area contributed by atoms with Gasteiger partial charge in [0.15, 0.2) is 5.78 Å². The molecule has 1 aromatic carbocycles. The molecule has 0 atom stereocenters. The van der Waals surface area contributed by atoms with E-state index < -0.39 is 0 Å². The lowest BCUT2D eigenvalue weighted by molar-refractivity contribution is -0.115. The highest BCUT2D eigenvalue weighted by Gasteiger charge is 2.20. The van der Waals surface area contributed by atoms with E-state index >= 15 is 0 Å². The number of fused-ring (bicyclic) bond motifs is 1. The number of benzene rings is 1. The lowest BCUT2D eigenvalue weighted by atomic mass is 9.92. The van der Waals surface area contributed by atoms with Crippen LogP contribution in [-0.2, 0) is 4.79 Å². The highest BCUT2D eigenvalue weighted by Crippen LogP contribution is 2.28. The molecule has 5 heteroatoms. The van der Waals surface area contributed by atoms with Crippen molar-refractivity contribution >= 4 is 38.5 Å². The van der Waals surface area contributed by atoms with Gasteiger partial charge in [-0.25, -0.2) is 0 Å². The number of ketones is 1. The summed E-state index contributed by atoms with van der Waals surface area (Å²) in [6.45, 7) is 8.35. The van der Waals surface area contributed by atoms with Crippen molar-refractivity contribution in [3.05, 3.63) is 57.2 Å². The Morgan fingerprint density at radius 2 is 2.04 bits per heavy atom. The van der Waals surface area contributed by atoms with Crippen LogP contribution < -0.4 is 5.32 Å². The van der Waals surface area contributed by atoms with E-state index in [0.717, 1.165) is 26.5 Å². The van der Waals surface area contributed by atoms with Gasteiger partial charge < -0.3 is 9.88 Å². The normalized spacial score (nSPS) is 15.0. The number of Topliss-reactive ketones (excluding diaryl/α,β-unsaturated/α-hetero) is 1. The van der Waals surface area contributed by atoms with E-state index in [-0.39, 0.29) is 18.2 Å². The number of carbonyl (C=O) groups excluding carboxylic acids is 2. The van der Waals surface area contributed by atoms with Crippen LogP contribution in [0.5, 0.6) is 0 Å². The third kappa shape index (κ3) is 3.54. The monoisotopic (exact) mass is 414 g/mol. The zero-order chi connectivity index (χ0) is 19.0. The van der Waals surface area contributed by atoms with Gasteiger partial charge in [-0.2, -0.15) is 0 Å².